The molecule has 1 heterocycles. The van der Waals surface area contributed by atoms with E-state index < -0.39 is 0 Å². The van der Waals surface area contributed by atoms with Crippen LogP contribution in [0.2, 0.25) is 0 Å². The molecule has 2 aromatic rings. The quantitative estimate of drug-likeness (QED) is 0.690. The Hall–Kier alpha value is -1.95. The minimum absolute atomic E-state index is 0.170. The van der Waals surface area contributed by atoms with Crippen molar-refractivity contribution >= 4 is 23.4 Å². The Bertz CT molecular complexity index is 665. The molecule has 0 radical (unpaired) electrons. The third-order valence-electron chi connectivity index (χ3n) is 3.38. The molecule has 116 valence electrons. The number of thioether (sulfide) groups is 1. The van der Waals surface area contributed by atoms with Gasteiger partial charge in [0.15, 0.2) is 5.16 Å². The summed E-state index contributed by atoms with van der Waals surface area (Å²) in [5.41, 5.74) is 3.46. The predicted octanol–water partition coefficient (Wildman–Crippen LogP) is 3.66. The maximum absolute atomic E-state index is 12.8. The average molecular weight is 319 g/mol. The summed E-state index contributed by atoms with van der Waals surface area (Å²) in [5, 5.41) is 2.98. The molecule has 0 saturated heterocycles. The van der Waals surface area contributed by atoms with E-state index in [9.17, 15) is 9.18 Å². The summed E-state index contributed by atoms with van der Waals surface area (Å²) < 4.78 is 12.8. The van der Waals surface area contributed by atoms with Crippen LogP contribution in [0.3, 0.4) is 0 Å². The zero-order chi connectivity index (χ0) is 16.3. The minimum atomic E-state index is -0.355. The number of rotatable bonds is 4. The first-order valence-electron chi connectivity index (χ1n) is 6.91. The lowest BCUT2D eigenvalue weighted by molar-refractivity contribution is -0.115. The first-order valence-corrected chi connectivity index (χ1v) is 7.79. The van der Waals surface area contributed by atoms with E-state index in [4.69, 9.17) is 0 Å². The molecule has 1 aromatic carbocycles. The summed E-state index contributed by atoms with van der Waals surface area (Å²) in [4.78, 5) is 21.0. The number of carbonyl (C=O) groups excluding carboxylic acids is 1. The largest absolute Gasteiger partial charge is 0.325 e. The van der Waals surface area contributed by atoms with E-state index >= 15 is 0 Å². The fourth-order valence-electron chi connectivity index (χ4n) is 1.78. The van der Waals surface area contributed by atoms with Crippen LogP contribution in [0, 0.1) is 26.6 Å². The third-order valence-corrected chi connectivity index (χ3v) is 4.34. The van der Waals surface area contributed by atoms with Gasteiger partial charge in [0.1, 0.15) is 5.82 Å². The number of nitrogens with one attached hydrogen (secondary N) is 1. The fraction of sp³-hybridized carbons (Fsp3) is 0.312. The smallest absolute Gasteiger partial charge is 0.237 e. The lowest BCUT2D eigenvalue weighted by Crippen LogP contribution is -2.22. The molecule has 1 amide bonds. The van der Waals surface area contributed by atoms with Crippen LogP contribution >= 0.6 is 11.8 Å². The molecule has 1 aromatic heterocycles. The summed E-state index contributed by atoms with van der Waals surface area (Å²) in [5.74, 6) is -0.504. The molecule has 0 saturated carbocycles. The van der Waals surface area contributed by atoms with E-state index in [1.807, 2.05) is 20.8 Å². The third kappa shape index (κ3) is 4.04. The Kier molecular flexibility index (Phi) is 5.13. The molecule has 22 heavy (non-hydrogen) atoms. The van der Waals surface area contributed by atoms with Gasteiger partial charge in [-0.2, -0.15) is 0 Å². The molecule has 0 unspecified atom stereocenters. The van der Waals surface area contributed by atoms with Gasteiger partial charge in [0, 0.05) is 17.1 Å². The van der Waals surface area contributed by atoms with Gasteiger partial charge in [0.25, 0.3) is 0 Å². The van der Waals surface area contributed by atoms with Gasteiger partial charge in [-0.05, 0) is 57.5 Å². The summed E-state index contributed by atoms with van der Waals surface area (Å²) in [6.07, 6.45) is 0. The Morgan fingerprint density at radius 3 is 2.23 bits per heavy atom. The number of anilines is 1. The zero-order valence-electron chi connectivity index (χ0n) is 13.0. The topological polar surface area (TPSA) is 54.9 Å². The molecule has 0 fully saturated rings. The standard InChI is InChI=1S/C16H18FN3OS/c1-9-10(2)18-16(19-11(9)3)22-12(4)15(21)20-14-7-5-13(17)6-8-14/h5-8,12H,1-4H3,(H,20,21)/t12-/m1/s1. The van der Waals surface area contributed by atoms with Gasteiger partial charge in [-0.15, -0.1) is 0 Å². The Balaban J connectivity index is 2.03. The van der Waals surface area contributed by atoms with E-state index in [0.717, 1.165) is 17.0 Å². The van der Waals surface area contributed by atoms with Gasteiger partial charge in [0.05, 0.1) is 5.25 Å². The molecular weight excluding hydrogens is 301 g/mol. The molecule has 0 spiro atoms. The van der Waals surface area contributed by atoms with Crippen LogP contribution in [0.25, 0.3) is 0 Å². The first-order chi connectivity index (χ1) is 10.4. The Labute approximate surface area is 133 Å². The summed E-state index contributed by atoms with van der Waals surface area (Å²) in [7, 11) is 0. The Morgan fingerprint density at radius 1 is 1.14 bits per heavy atom. The lowest BCUT2D eigenvalue weighted by Gasteiger charge is -2.12. The van der Waals surface area contributed by atoms with Crippen LogP contribution in [0.5, 0.6) is 0 Å². The van der Waals surface area contributed by atoms with Crippen molar-refractivity contribution in [2.24, 2.45) is 0 Å². The minimum Gasteiger partial charge on any atom is -0.325 e. The van der Waals surface area contributed by atoms with E-state index in [2.05, 4.69) is 15.3 Å². The molecule has 2 rings (SSSR count). The zero-order valence-corrected chi connectivity index (χ0v) is 13.8. The number of halogens is 1. The molecule has 4 nitrogen and oxygen atoms in total. The lowest BCUT2D eigenvalue weighted by atomic mass is 10.2. The van der Waals surface area contributed by atoms with Gasteiger partial charge >= 0.3 is 0 Å². The number of amides is 1. The molecule has 0 aliphatic rings. The summed E-state index contributed by atoms with van der Waals surface area (Å²) in [6, 6.07) is 5.68. The van der Waals surface area contributed by atoms with Gasteiger partial charge in [-0.25, -0.2) is 14.4 Å². The van der Waals surface area contributed by atoms with Gasteiger partial charge in [0.2, 0.25) is 5.91 Å². The summed E-state index contributed by atoms with van der Waals surface area (Å²) in [6.45, 7) is 7.62. The molecule has 1 N–H and O–H groups in total. The number of hydrogen-bond acceptors (Lipinski definition) is 4. The van der Waals surface area contributed by atoms with Crippen molar-refractivity contribution in [2.75, 3.05) is 5.32 Å². The van der Waals surface area contributed by atoms with Crippen molar-refractivity contribution in [1.29, 1.82) is 0 Å². The van der Waals surface area contributed by atoms with Crippen molar-refractivity contribution in [2.45, 2.75) is 38.1 Å². The highest BCUT2D eigenvalue weighted by Crippen LogP contribution is 2.23. The second-order valence-corrected chi connectivity index (χ2v) is 6.37. The first kappa shape index (κ1) is 16.4. The average Bonchev–Trinajstić information content (AvgIpc) is 2.47. The van der Waals surface area contributed by atoms with Crippen LogP contribution in [-0.4, -0.2) is 21.1 Å². The molecular formula is C16H18FN3OS. The van der Waals surface area contributed by atoms with Crippen LogP contribution in [0.4, 0.5) is 10.1 Å². The number of aryl methyl sites for hydroxylation is 2. The second kappa shape index (κ2) is 6.87. The van der Waals surface area contributed by atoms with Crippen LogP contribution < -0.4 is 5.32 Å². The number of nitrogens with zero attached hydrogens (tertiary/aromatic N) is 2. The summed E-state index contributed by atoms with van der Waals surface area (Å²) >= 11 is 1.30. The molecule has 0 bridgehead atoms. The van der Waals surface area contributed by atoms with Crippen molar-refractivity contribution in [3.63, 3.8) is 0 Å². The molecule has 0 aliphatic carbocycles. The van der Waals surface area contributed by atoms with Crippen LogP contribution in [0.1, 0.15) is 23.9 Å². The van der Waals surface area contributed by atoms with E-state index in [-0.39, 0.29) is 17.0 Å². The highest BCUT2D eigenvalue weighted by Gasteiger charge is 2.17. The van der Waals surface area contributed by atoms with Crippen molar-refractivity contribution < 1.29 is 9.18 Å². The van der Waals surface area contributed by atoms with Gasteiger partial charge in [-0.1, -0.05) is 11.8 Å². The van der Waals surface area contributed by atoms with E-state index in [1.54, 1.807) is 6.92 Å². The van der Waals surface area contributed by atoms with Crippen molar-refractivity contribution in [1.82, 2.24) is 9.97 Å². The molecule has 6 heteroatoms. The maximum Gasteiger partial charge on any atom is 0.237 e. The van der Waals surface area contributed by atoms with Crippen molar-refractivity contribution in [3.05, 3.63) is 47.0 Å². The van der Waals surface area contributed by atoms with Gasteiger partial charge < -0.3 is 5.32 Å². The fourth-order valence-corrected chi connectivity index (χ4v) is 2.64. The number of carbonyl (C=O) groups is 1. The highest BCUT2D eigenvalue weighted by atomic mass is 32.2. The highest BCUT2D eigenvalue weighted by molar-refractivity contribution is 8.00. The van der Waals surface area contributed by atoms with E-state index in [0.29, 0.717) is 10.8 Å². The van der Waals surface area contributed by atoms with Crippen LogP contribution in [-0.2, 0) is 4.79 Å². The number of aromatic nitrogens is 2. The number of hydrogen-bond donors (Lipinski definition) is 1. The number of benzene rings is 1. The van der Waals surface area contributed by atoms with E-state index in [1.165, 1.54) is 36.0 Å². The normalized spacial score (nSPS) is 12.0. The monoisotopic (exact) mass is 319 g/mol. The maximum atomic E-state index is 12.8. The molecule has 1 atom stereocenters. The van der Waals surface area contributed by atoms with Crippen molar-refractivity contribution in [3.8, 4) is 0 Å². The predicted molar refractivity (Wildman–Crippen MR) is 86.6 cm³/mol. The second-order valence-electron chi connectivity index (χ2n) is 5.06. The SMILES string of the molecule is Cc1nc(S[C@H](C)C(=O)Nc2ccc(F)cc2)nc(C)c1C. The van der Waals surface area contributed by atoms with Gasteiger partial charge in [-0.3, -0.25) is 4.79 Å². The molecule has 0 aliphatic heterocycles. The van der Waals surface area contributed by atoms with Crippen LogP contribution in [0.15, 0.2) is 29.4 Å². The Morgan fingerprint density at radius 2 is 1.68 bits per heavy atom.